The summed E-state index contributed by atoms with van der Waals surface area (Å²) in [6.45, 7) is 6.24. The largest absolute Gasteiger partial charge is 0.366 e. The van der Waals surface area contributed by atoms with Gasteiger partial charge in [-0.15, -0.1) is 22.7 Å². The van der Waals surface area contributed by atoms with Gasteiger partial charge in [0.15, 0.2) is 5.13 Å². The number of nitrogens with one attached hydrogen (secondary N) is 1. The number of thiophene rings is 1. The third-order valence-electron chi connectivity index (χ3n) is 3.52. The number of amides is 2. The normalized spacial score (nSPS) is 11.6. The number of benzene rings is 1. The zero-order valence-electron chi connectivity index (χ0n) is 13.5. The number of carbonyl (C=O) groups is 2. The monoisotopic (exact) mass is 359 g/mol. The first kappa shape index (κ1) is 16.6. The van der Waals surface area contributed by atoms with E-state index in [0.717, 1.165) is 15.8 Å². The second-order valence-electron chi connectivity index (χ2n) is 6.47. The van der Waals surface area contributed by atoms with Gasteiger partial charge in [-0.1, -0.05) is 20.8 Å². The number of hydrogen-bond acceptors (Lipinski definition) is 5. The van der Waals surface area contributed by atoms with E-state index in [1.165, 1.54) is 22.7 Å². The molecule has 0 aliphatic rings. The molecule has 2 amide bonds. The van der Waals surface area contributed by atoms with Crippen molar-refractivity contribution in [1.29, 1.82) is 0 Å². The first-order valence-electron chi connectivity index (χ1n) is 7.35. The average molecular weight is 359 g/mol. The van der Waals surface area contributed by atoms with Crippen molar-refractivity contribution in [3.8, 4) is 0 Å². The van der Waals surface area contributed by atoms with Crippen LogP contribution in [0.25, 0.3) is 10.1 Å². The molecule has 1 aromatic carbocycles. The first-order chi connectivity index (χ1) is 11.2. The van der Waals surface area contributed by atoms with Gasteiger partial charge in [-0.3, -0.25) is 14.9 Å². The van der Waals surface area contributed by atoms with Crippen molar-refractivity contribution in [2.24, 2.45) is 5.73 Å². The molecule has 0 spiro atoms. The maximum Gasteiger partial charge on any atom is 0.267 e. The predicted molar refractivity (Wildman–Crippen MR) is 99.1 cm³/mol. The molecule has 0 saturated heterocycles. The van der Waals surface area contributed by atoms with Crippen LogP contribution in [0, 0.1) is 0 Å². The molecule has 0 unspecified atom stereocenters. The lowest BCUT2D eigenvalue weighted by Gasteiger charge is -2.14. The Morgan fingerprint density at radius 2 is 1.96 bits per heavy atom. The van der Waals surface area contributed by atoms with Crippen LogP contribution >= 0.6 is 22.7 Å². The van der Waals surface area contributed by atoms with Gasteiger partial charge in [-0.2, -0.15) is 0 Å². The molecular weight excluding hydrogens is 342 g/mol. The molecule has 3 rings (SSSR count). The van der Waals surface area contributed by atoms with Crippen molar-refractivity contribution in [3.05, 3.63) is 45.8 Å². The fourth-order valence-corrected chi connectivity index (χ4v) is 4.01. The number of primary amides is 1. The minimum Gasteiger partial charge on any atom is -0.366 e. The van der Waals surface area contributed by atoms with Gasteiger partial charge in [0.1, 0.15) is 0 Å². The van der Waals surface area contributed by atoms with Crippen LogP contribution in [0.2, 0.25) is 0 Å². The Labute approximate surface area is 147 Å². The zero-order valence-corrected chi connectivity index (χ0v) is 15.2. The summed E-state index contributed by atoms with van der Waals surface area (Å²) in [7, 11) is 0. The topological polar surface area (TPSA) is 85.1 Å². The molecule has 3 N–H and O–H groups in total. The van der Waals surface area contributed by atoms with Crippen LogP contribution in [-0.4, -0.2) is 16.8 Å². The Morgan fingerprint density at radius 3 is 2.58 bits per heavy atom. The molecular formula is C17H17N3O2S2. The van der Waals surface area contributed by atoms with Gasteiger partial charge in [0.2, 0.25) is 5.91 Å². The standard InChI is InChI=1S/C17H17N3O2S2/c1-17(2,3)13-8-23-16(19-13)20-15(22)12-7-10-6-9(14(18)21)4-5-11(10)24-12/h4-8H,1-3H3,(H2,18,21)(H,19,20,22). The molecule has 0 bridgehead atoms. The molecule has 0 aliphatic heterocycles. The van der Waals surface area contributed by atoms with E-state index < -0.39 is 5.91 Å². The molecule has 3 aromatic rings. The smallest absolute Gasteiger partial charge is 0.267 e. The Kier molecular flexibility index (Phi) is 4.15. The second kappa shape index (κ2) is 5.99. The minimum atomic E-state index is -0.480. The molecule has 2 aromatic heterocycles. The number of thiazole rings is 1. The van der Waals surface area contributed by atoms with Gasteiger partial charge < -0.3 is 5.73 Å². The van der Waals surface area contributed by atoms with E-state index in [0.29, 0.717) is 15.6 Å². The van der Waals surface area contributed by atoms with Gasteiger partial charge in [-0.25, -0.2) is 4.98 Å². The molecule has 0 fully saturated rings. The molecule has 5 nitrogen and oxygen atoms in total. The fraction of sp³-hybridized carbons (Fsp3) is 0.235. The van der Waals surface area contributed by atoms with E-state index in [2.05, 4.69) is 31.1 Å². The number of hydrogen-bond donors (Lipinski definition) is 2. The van der Waals surface area contributed by atoms with Crippen molar-refractivity contribution in [3.63, 3.8) is 0 Å². The van der Waals surface area contributed by atoms with Crippen LogP contribution < -0.4 is 11.1 Å². The van der Waals surface area contributed by atoms with Crippen LogP contribution in [0.15, 0.2) is 29.6 Å². The SMILES string of the molecule is CC(C)(C)c1csc(NC(=O)c2cc3cc(C(N)=O)ccc3s2)n1. The predicted octanol–water partition coefficient (Wildman–Crippen LogP) is 4.01. The quantitative estimate of drug-likeness (QED) is 0.741. The Morgan fingerprint density at radius 1 is 1.21 bits per heavy atom. The van der Waals surface area contributed by atoms with E-state index >= 15 is 0 Å². The Balaban J connectivity index is 1.83. The summed E-state index contributed by atoms with van der Waals surface area (Å²) in [6, 6.07) is 6.93. The Hall–Kier alpha value is -2.25. The third kappa shape index (κ3) is 3.32. The van der Waals surface area contributed by atoms with E-state index in [-0.39, 0.29) is 11.3 Å². The molecule has 124 valence electrons. The highest BCUT2D eigenvalue weighted by Crippen LogP contribution is 2.29. The summed E-state index contributed by atoms with van der Waals surface area (Å²) in [5.74, 6) is -0.682. The zero-order chi connectivity index (χ0) is 17.5. The number of carbonyl (C=O) groups excluding carboxylic acids is 2. The lowest BCUT2D eigenvalue weighted by molar-refractivity contribution is 0.0998. The minimum absolute atomic E-state index is 0.0533. The maximum atomic E-state index is 12.4. The molecule has 24 heavy (non-hydrogen) atoms. The van der Waals surface area contributed by atoms with Crippen molar-refractivity contribution < 1.29 is 9.59 Å². The van der Waals surface area contributed by atoms with Crippen molar-refractivity contribution in [2.75, 3.05) is 5.32 Å². The molecule has 2 heterocycles. The summed E-state index contributed by atoms with van der Waals surface area (Å²) < 4.78 is 0.930. The number of anilines is 1. The number of nitrogens with zero attached hydrogens (tertiary/aromatic N) is 1. The fourth-order valence-electron chi connectivity index (χ4n) is 2.14. The molecule has 0 saturated carbocycles. The number of nitrogens with two attached hydrogens (primary N) is 1. The summed E-state index contributed by atoms with van der Waals surface area (Å²) >= 11 is 2.78. The van der Waals surface area contributed by atoms with Gasteiger partial charge in [0, 0.05) is 21.1 Å². The van der Waals surface area contributed by atoms with Crippen LogP contribution in [0.1, 0.15) is 46.5 Å². The van der Waals surface area contributed by atoms with Gasteiger partial charge in [0.25, 0.3) is 5.91 Å². The number of fused-ring (bicyclic) bond motifs is 1. The number of aromatic nitrogens is 1. The van der Waals surface area contributed by atoms with E-state index in [9.17, 15) is 9.59 Å². The van der Waals surface area contributed by atoms with Crippen molar-refractivity contribution in [1.82, 2.24) is 4.98 Å². The van der Waals surface area contributed by atoms with E-state index in [1.807, 2.05) is 5.38 Å². The van der Waals surface area contributed by atoms with Gasteiger partial charge >= 0.3 is 0 Å². The lowest BCUT2D eigenvalue weighted by atomic mass is 9.93. The highest BCUT2D eigenvalue weighted by atomic mass is 32.1. The van der Waals surface area contributed by atoms with Crippen molar-refractivity contribution in [2.45, 2.75) is 26.2 Å². The molecule has 0 aliphatic carbocycles. The summed E-state index contributed by atoms with van der Waals surface area (Å²) in [5.41, 5.74) is 6.62. The number of rotatable bonds is 3. The van der Waals surface area contributed by atoms with E-state index in [4.69, 9.17) is 5.73 Å². The average Bonchev–Trinajstić information content (AvgIpc) is 3.11. The van der Waals surface area contributed by atoms with Crippen LogP contribution in [0.4, 0.5) is 5.13 Å². The van der Waals surface area contributed by atoms with Crippen LogP contribution in [0.3, 0.4) is 0 Å². The third-order valence-corrected chi connectivity index (χ3v) is 5.39. The van der Waals surface area contributed by atoms with E-state index in [1.54, 1.807) is 24.3 Å². The maximum absolute atomic E-state index is 12.4. The second-order valence-corrected chi connectivity index (χ2v) is 8.41. The highest BCUT2D eigenvalue weighted by Gasteiger charge is 2.19. The summed E-state index contributed by atoms with van der Waals surface area (Å²) in [4.78, 5) is 28.7. The summed E-state index contributed by atoms with van der Waals surface area (Å²) in [5, 5.41) is 6.21. The van der Waals surface area contributed by atoms with Crippen molar-refractivity contribution >= 4 is 49.7 Å². The lowest BCUT2D eigenvalue weighted by Crippen LogP contribution is -2.13. The highest BCUT2D eigenvalue weighted by molar-refractivity contribution is 7.21. The first-order valence-corrected chi connectivity index (χ1v) is 9.04. The Bertz CT molecular complexity index is 935. The van der Waals surface area contributed by atoms with Gasteiger partial charge in [0.05, 0.1) is 10.6 Å². The molecule has 0 radical (unpaired) electrons. The van der Waals surface area contributed by atoms with Crippen LogP contribution in [-0.2, 0) is 5.41 Å². The summed E-state index contributed by atoms with van der Waals surface area (Å²) in [6.07, 6.45) is 0. The molecule has 7 heteroatoms. The van der Waals surface area contributed by atoms with Crippen LogP contribution in [0.5, 0.6) is 0 Å². The van der Waals surface area contributed by atoms with Gasteiger partial charge in [-0.05, 0) is 29.7 Å². The molecule has 0 atom stereocenters.